The predicted octanol–water partition coefficient (Wildman–Crippen LogP) is 3.13. The van der Waals surface area contributed by atoms with Crippen molar-refractivity contribution in [1.82, 2.24) is 5.32 Å². The summed E-state index contributed by atoms with van der Waals surface area (Å²) in [7, 11) is 1.59. The standard InChI is InChI=1S/C12H16F3NO/c1-17-11-5-3-10(4-6-11)9-16-8-2-7-12(13,14)15/h3-6,16H,2,7-9H2,1H3. The Kier molecular flexibility index (Phi) is 5.28. The summed E-state index contributed by atoms with van der Waals surface area (Å²) < 4.78 is 40.5. The fourth-order valence-electron chi connectivity index (χ4n) is 1.39. The number of alkyl halides is 3. The Bertz CT molecular complexity index is 322. The Balaban J connectivity index is 2.18. The smallest absolute Gasteiger partial charge is 0.389 e. The molecule has 1 aromatic rings. The second-order valence-corrected chi connectivity index (χ2v) is 3.74. The normalized spacial score (nSPS) is 11.5. The lowest BCUT2D eigenvalue weighted by Crippen LogP contribution is -2.17. The van der Waals surface area contributed by atoms with Gasteiger partial charge in [0, 0.05) is 13.0 Å². The summed E-state index contributed by atoms with van der Waals surface area (Å²) in [6.07, 6.45) is -4.68. The van der Waals surface area contributed by atoms with E-state index in [1.807, 2.05) is 24.3 Å². The summed E-state index contributed by atoms with van der Waals surface area (Å²) >= 11 is 0. The summed E-state index contributed by atoms with van der Waals surface area (Å²) in [6.45, 7) is 0.938. The maximum Gasteiger partial charge on any atom is 0.389 e. The number of nitrogens with one attached hydrogen (secondary N) is 1. The number of hydrogen-bond donors (Lipinski definition) is 1. The number of methoxy groups -OCH3 is 1. The number of benzene rings is 1. The van der Waals surface area contributed by atoms with Gasteiger partial charge in [-0.25, -0.2) is 0 Å². The van der Waals surface area contributed by atoms with Crippen molar-refractivity contribution in [3.05, 3.63) is 29.8 Å². The maximum atomic E-state index is 11.8. The molecule has 17 heavy (non-hydrogen) atoms. The first-order valence-electron chi connectivity index (χ1n) is 5.41. The SMILES string of the molecule is COc1ccc(CNCCCC(F)(F)F)cc1. The van der Waals surface area contributed by atoms with E-state index in [1.54, 1.807) is 7.11 Å². The second-order valence-electron chi connectivity index (χ2n) is 3.74. The topological polar surface area (TPSA) is 21.3 Å². The number of halogens is 3. The van der Waals surface area contributed by atoms with Crippen molar-refractivity contribution >= 4 is 0 Å². The van der Waals surface area contributed by atoms with Crippen LogP contribution in [0.4, 0.5) is 13.2 Å². The molecule has 0 fully saturated rings. The molecule has 5 heteroatoms. The fraction of sp³-hybridized carbons (Fsp3) is 0.500. The highest BCUT2D eigenvalue weighted by atomic mass is 19.4. The lowest BCUT2D eigenvalue weighted by molar-refractivity contribution is -0.135. The van der Waals surface area contributed by atoms with Crippen LogP contribution in [0.25, 0.3) is 0 Å². The molecule has 1 aromatic carbocycles. The molecule has 1 N–H and O–H groups in total. The van der Waals surface area contributed by atoms with Crippen LogP contribution in [0.1, 0.15) is 18.4 Å². The average molecular weight is 247 g/mol. The summed E-state index contributed by atoms with van der Waals surface area (Å²) in [6, 6.07) is 7.42. The molecule has 0 bridgehead atoms. The van der Waals surface area contributed by atoms with Gasteiger partial charge in [-0.2, -0.15) is 13.2 Å². The van der Waals surface area contributed by atoms with E-state index in [9.17, 15) is 13.2 Å². The lowest BCUT2D eigenvalue weighted by atomic mass is 10.2. The molecule has 2 nitrogen and oxygen atoms in total. The van der Waals surface area contributed by atoms with Gasteiger partial charge in [0.2, 0.25) is 0 Å². The monoisotopic (exact) mass is 247 g/mol. The zero-order valence-corrected chi connectivity index (χ0v) is 9.68. The summed E-state index contributed by atoms with van der Waals surface area (Å²) in [5.74, 6) is 0.769. The Hall–Kier alpha value is -1.23. The molecule has 0 radical (unpaired) electrons. The van der Waals surface area contributed by atoms with E-state index in [0.29, 0.717) is 13.1 Å². The van der Waals surface area contributed by atoms with E-state index in [4.69, 9.17) is 4.74 Å². The van der Waals surface area contributed by atoms with E-state index < -0.39 is 12.6 Å². The molecule has 0 atom stereocenters. The van der Waals surface area contributed by atoms with Gasteiger partial charge in [0.05, 0.1) is 7.11 Å². The number of rotatable bonds is 6. The van der Waals surface area contributed by atoms with Crippen LogP contribution in [-0.4, -0.2) is 19.8 Å². The van der Waals surface area contributed by atoms with Crippen molar-refractivity contribution in [2.75, 3.05) is 13.7 Å². The van der Waals surface area contributed by atoms with Crippen molar-refractivity contribution < 1.29 is 17.9 Å². The molecule has 0 aromatic heterocycles. The first kappa shape index (κ1) is 13.8. The van der Waals surface area contributed by atoms with Crippen molar-refractivity contribution in [2.24, 2.45) is 0 Å². The largest absolute Gasteiger partial charge is 0.497 e. The van der Waals surface area contributed by atoms with Gasteiger partial charge in [-0.1, -0.05) is 12.1 Å². The minimum absolute atomic E-state index is 0.111. The van der Waals surface area contributed by atoms with Crippen LogP contribution in [0.15, 0.2) is 24.3 Å². The quantitative estimate of drug-likeness (QED) is 0.780. The third kappa shape index (κ3) is 6.16. The zero-order valence-electron chi connectivity index (χ0n) is 9.68. The number of ether oxygens (including phenoxy) is 1. The van der Waals surface area contributed by atoms with Crippen molar-refractivity contribution in [1.29, 1.82) is 0 Å². The highest BCUT2D eigenvalue weighted by Crippen LogP contribution is 2.20. The van der Waals surface area contributed by atoms with Crippen LogP contribution in [0, 0.1) is 0 Å². The third-order valence-corrected chi connectivity index (χ3v) is 2.30. The van der Waals surface area contributed by atoms with Crippen LogP contribution in [0.5, 0.6) is 5.75 Å². The first-order chi connectivity index (χ1) is 8.01. The van der Waals surface area contributed by atoms with Gasteiger partial charge in [0.25, 0.3) is 0 Å². The van der Waals surface area contributed by atoms with Crippen molar-refractivity contribution in [2.45, 2.75) is 25.6 Å². The van der Waals surface area contributed by atoms with Crippen LogP contribution in [0.2, 0.25) is 0 Å². The van der Waals surface area contributed by atoms with E-state index in [-0.39, 0.29) is 6.42 Å². The minimum Gasteiger partial charge on any atom is -0.497 e. The highest BCUT2D eigenvalue weighted by molar-refractivity contribution is 5.26. The van der Waals surface area contributed by atoms with Gasteiger partial charge < -0.3 is 10.1 Å². The van der Waals surface area contributed by atoms with Gasteiger partial charge in [0.1, 0.15) is 5.75 Å². The van der Waals surface area contributed by atoms with Crippen molar-refractivity contribution in [3.8, 4) is 5.75 Å². The van der Waals surface area contributed by atoms with Crippen LogP contribution in [-0.2, 0) is 6.54 Å². The van der Waals surface area contributed by atoms with Crippen molar-refractivity contribution in [3.63, 3.8) is 0 Å². The van der Waals surface area contributed by atoms with Crippen LogP contribution < -0.4 is 10.1 Å². The Morgan fingerprint density at radius 1 is 1.18 bits per heavy atom. The van der Waals surface area contributed by atoms with Gasteiger partial charge in [-0.15, -0.1) is 0 Å². The molecule has 0 amide bonds. The van der Waals surface area contributed by atoms with E-state index in [2.05, 4.69) is 5.32 Å². The summed E-state index contributed by atoms with van der Waals surface area (Å²) in [5, 5.41) is 2.97. The first-order valence-corrected chi connectivity index (χ1v) is 5.41. The molecule has 0 aliphatic heterocycles. The third-order valence-electron chi connectivity index (χ3n) is 2.30. The molecule has 0 saturated carbocycles. The zero-order chi connectivity index (χ0) is 12.7. The minimum atomic E-state index is -4.05. The predicted molar refractivity (Wildman–Crippen MR) is 60.0 cm³/mol. The van der Waals surface area contributed by atoms with Crippen LogP contribution >= 0.6 is 0 Å². The molecular weight excluding hydrogens is 231 g/mol. The van der Waals surface area contributed by atoms with Gasteiger partial charge in [0.15, 0.2) is 0 Å². The molecule has 0 saturated heterocycles. The van der Waals surface area contributed by atoms with E-state index in [0.717, 1.165) is 11.3 Å². The Morgan fingerprint density at radius 2 is 1.82 bits per heavy atom. The molecule has 0 aliphatic rings. The molecule has 0 spiro atoms. The molecule has 0 unspecified atom stereocenters. The summed E-state index contributed by atoms with van der Waals surface area (Å²) in [4.78, 5) is 0. The average Bonchev–Trinajstić information content (AvgIpc) is 2.28. The van der Waals surface area contributed by atoms with Gasteiger partial charge in [-0.05, 0) is 30.7 Å². The molecule has 96 valence electrons. The van der Waals surface area contributed by atoms with E-state index >= 15 is 0 Å². The highest BCUT2D eigenvalue weighted by Gasteiger charge is 2.25. The van der Waals surface area contributed by atoms with E-state index in [1.165, 1.54) is 0 Å². The Labute approximate surface area is 98.8 Å². The fourth-order valence-corrected chi connectivity index (χ4v) is 1.39. The van der Waals surface area contributed by atoms with Crippen LogP contribution in [0.3, 0.4) is 0 Å². The maximum absolute atomic E-state index is 11.8. The Morgan fingerprint density at radius 3 is 2.35 bits per heavy atom. The van der Waals surface area contributed by atoms with Gasteiger partial charge in [-0.3, -0.25) is 0 Å². The summed E-state index contributed by atoms with van der Waals surface area (Å²) in [5.41, 5.74) is 1.03. The molecule has 0 heterocycles. The molecule has 0 aliphatic carbocycles. The number of hydrogen-bond acceptors (Lipinski definition) is 2. The molecule has 1 rings (SSSR count). The molecular formula is C12H16F3NO. The van der Waals surface area contributed by atoms with Gasteiger partial charge >= 0.3 is 6.18 Å². The lowest BCUT2D eigenvalue weighted by Gasteiger charge is -2.07. The second kappa shape index (κ2) is 6.49.